The summed E-state index contributed by atoms with van der Waals surface area (Å²) in [6, 6.07) is -0.883. The van der Waals surface area contributed by atoms with Crippen LogP contribution < -0.4 is 5.73 Å². The van der Waals surface area contributed by atoms with E-state index in [4.69, 9.17) is 10.3 Å². The zero-order valence-corrected chi connectivity index (χ0v) is 15.8. The number of amides is 1. The van der Waals surface area contributed by atoms with Crippen molar-refractivity contribution in [3.05, 3.63) is 0 Å². The van der Waals surface area contributed by atoms with Gasteiger partial charge in [-0.3, -0.25) is 13.9 Å². The number of nitrogens with zero attached hydrogens (tertiary/aromatic N) is 1. The Kier molecular flexibility index (Phi) is 9.64. The minimum Gasteiger partial charge on any atom is -0.480 e. The first kappa shape index (κ1) is 22.1. The summed E-state index contributed by atoms with van der Waals surface area (Å²) in [4.78, 5) is 35.4. The number of hydrogen-bond acceptors (Lipinski definition) is 5. The van der Waals surface area contributed by atoms with Gasteiger partial charge in [0.25, 0.3) is 5.91 Å². The molecule has 1 unspecified atom stereocenters. The molecule has 3 atom stereocenters. The highest BCUT2D eigenvalue weighted by atomic mass is 31.2. The van der Waals surface area contributed by atoms with Gasteiger partial charge >= 0.3 is 13.6 Å². The molecule has 8 nitrogen and oxygen atoms in total. The Hall–Kier alpha value is -0.950. The largest absolute Gasteiger partial charge is 0.480 e. The third-order valence-corrected chi connectivity index (χ3v) is 5.82. The maximum Gasteiger partial charge on any atom is 0.328 e. The fourth-order valence-electron chi connectivity index (χ4n) is 2.98. The first-order valence-electron chi connectivity index (χ1n) is 9.06. The first-order valence-corrected chi connectivity index (χ1v) is 10.8. The molecule has 0 aromatic carbocycles. The maximum absolute atomic E-state index is 12.7. The highest BCUT2D eigenvalue weighted by Gasteiger charge is 2.39. The number of carbonyl (C=O) groups is 2. The van der Waals surface area contributed by atoms with Gasteiger partial charge in [-0.15, -0.1) is 0 Å². The van der Waals surface area contributed by atoms with Gasteiger partial charge in [-0.1, -0.05) is 19.8 Å². The number of hydrogen-bond donors (Lipinski definition) is 3. The molecule has 0 saturated carbocycles. The van der Waals surface area contributed by atoms with E-state index in [-0.39, 0.29) is 12.6 Å². The van der Waals surface area contributed by atoms with Gasteiger partial charge in [0.2, 0.25) is 0 Å². The summed E-state index contributed by atoms with van der Waals surface area (Å²) in [7, 11) is -3.89. The fraction of sp³-hybridized carbons (Fsp3) is 0.875. The van der Waals surface area contributed by atoms with Crippen molar-refractivity contribution in [1.29, 1.82) is 0 Å². The van der Waals surface area contributed by atoms with Gasteiger partial charge in [-0.25, -0.2) is 4.79 Å². The van der Waals surface area contributed by atoms with Crippen LogP contribution in [0.15, 0.2) is 0 Å². The number of rotatable bonds is 12. The zero-order valence-electron chi connectivity index (χ0n) is 14.9. The van der Waals surface area contributed by atoms with Crippen molar-refractivity contribution in [2.75, 3.05) is 19.3 Å². The lowest BCUT2D eigenvalue weighted by molar-refractivity contribution is -0.151. The van der Waals surface area contributed by atoms with Crippen molar-refractivity contribution < 1.29 is 28.7 Å². The highest BCUT2D eigenvalue weighted by Crippen LogP contribution is 2.45. The van der Waals surface area contributed by atoms with Crippen molar-refractivity contribution in [2.24, 2.45) is 5.73 Å². The summed E-state index contributed by atoms with van der Waals surface area (Å²) in [6.45, 7) is 2.77. The second kappa shape index (κ2) is 10.9. The third kappa shape index (κ3) is 7.44. The number of nitrogens with two attached hydrogens (primary N) is 1. The molecule has 1 fully saturated rings. The van der Waals surface area contributed by atoms with Crippen LogP contribution >= 0.6 is 7.60 Å². The van der Waals surface area contributed by atoms with Crippen LogP contribution in [0.3, 0.4) is 0 Å². The molecular weight excluding hydrogens is 347 g/mol. The van der Waals surface area contributed by atoms with Gasteiger partial charge in [0, 0.05) is 6.54 Å². The van der Waals surface area contributed by atoms with Crippen LogP contribution in [0.4, 0.5) is 0 Å². The highest BCUT2D eigenvalue weighted by molar-refractivity contribution is 7.52. The first-order chi connectivity index (χ1) is 11.8. The molecule has 25 heavy (non-hydrogen) atoms. The van der Waals surface area contributed by atoms with E-state index in [0.717, 1.165) is 12.8 Å². The Bertz CT molecular complexity index is 487. The molecule has 4 N–H and O–H groups in total. The van der Waals surface area contributed by atoms with Gasteiger partial charge in [-0.2, -0.15) is 0 Å². The maximum atomic E-state index is 12.7. The molecule has 1 rings (SSSR count). The van der Waals surface area contributed by atoms with Crippen LogP contribution in [0.2, 0.25) is 0 Å². The van der Waals surface area contributed by atoms with Gasteiger partial charge in [0.15, 0.2) is 0 Å². The van der Waals surface area contributed by atoms with E-state index in [1.54, 1.807) is 0 Å². The molecule has 1 aliphatic rings. The number of carboxylic acid groups (broad SMARTS) is 1. The van der Waals surface area contributed by atoms with Crippen LogP contribution in [0.5, 0.6) is 0 Å². The van der Waals surface area contributed by atoms with Crippen LogP contribution in [-0.2, 0) is 18.7 Å². The monoisotopic (exact) mass is 378 g/mol. The van der Waals surface area contributed by atoms with Crippen molar-refractivity contribution >= 4 is 19.5 Å². The van der Waals surface area contributed by atoms with E-state index in [1.807, 2.05) is 6.92 Å². The van der Waals surface area contributed by atoms with E-state index < -0.39 is 31.6 Å². The second-order valence-electron chi connectivity index (χ2n) is 6.47. The lowest BCUT2D eigenvalue weighted by atomic mass is 10.1. The molecule has 1 amide bonds. The molecule has 146 valence electrons. The Labute approximate surface area is 149 Å². The number of unbranched alkanes of at least 4 members (excludes halogenated alkanes) is 3. The molecule has 1 saturated heterocycles. The summed E-state index contributed by atoms with van der Waals surface area (Å²) in [5.41, 5.74) is 5.47. The second-order valence-corrected chi connectivity index (χ2v) is 8.41. The summed E-state index contributed by atoms with van der Waals surface area (Å²) in [5.74, 6) is -1.56. The Morgan fingerprint density at radius 1 is 1.32 bits per heavy atom. The van der Waals surface area contributed by atoms with Gasteiger partial charge in [0.1, 0.15) is 12.1 Å². The Balaban J connectivity index is 2.78. The van der Waals surface area contributed by atoms with Crippen molar-refractivity contribution in [2.45, 2.75) is 70.4 Å². The van der Waals surface area contributed by atoms with Gasteiger partial charge in [-0.05, 0) is 45.1 Å². The fourth-order valence-corrected chi connectivity index (χ4v) is 4.30. The Morgan fingerprint density at radius 3 is 2.64 bits per heavy atom. The van der Waals surface area contributed by atoms with Crippen LogP contribution in [0.1, 0.15) is 58.3 Å². The summed E-state index contributed by atoms with van der Waals surface area (Å²) in [6.07, 6.45) is 3.68. The van der Waals surface area contributed by atoms with E-state index in [0.29, 0.717) is 45.2 Å². The van der Waals surface area contributed by atoms with Crippen molar-refractivity contribution in [3.63, 3.8) is 0 Å². The zero-order chi connectivity index (χ0) is 18.9. The topological polar surface area (TPSA) is 130 Å². The molecule has 0 radical (unpaired) electrons. The molecular formula is C16H31N2O6P. The van der Waals surface area contributed by atoms with Crippen molar-refractivity contribution in [1.82, 2.24) is 4.90 Å². The summed E-state index contributed by atoms with van der Waals surface area (Å²) < 4.78 is 17.6. The van der Waals surface area contributed by atoms with E-state index in [1.165, 1.54) is 4.90 Å². The quantitative estimate of drug-likeness (QED) is 0.349. The average molecular weight is 378 g/mol. The van der Waals surface area contributed by atoms with E-state index in [9.17, 15) is 24.2 Å². The Morgan fingerprint density at radius 2 is 2.04 bits per heavy atom. The number of carboxylic acids is 1. The minimum atomic E-state index is -3.89. The normalized spacial score (nSPS) is 21.1. The number of carbonyl (C=O) groups excluding carboxylic acids is 1. The predicted molar refractivity (Wildman–Crippen MR) is 94.4 cm³/mol. The summed E-state index contributed by atoms with van der Waals surface area (Å²) in [5, 5.41) is 9.25. The smallest absolute Gasteiger partial charge is 0.328 e. The molecule has 0 aromatic rings. The van der Waals surface area contributed by atoms with Gasteiger partial charge < -0.3 is 20.6 Å². The van der Waals surface area contributed by atoms with E-state index >= 15 is 0 Å². The van der Waals surface area contributed by atoms with Crippen LogP contribution in [0, 0.1) is 0 Å². The molecule has 1 heterocycles. The predicted octanol–water partition coefficient (Wildman–Crippen LogP) is 1.95. The molecule has 1 aliphatic heterocycles. The minimum absolute atomic E-state index is 0.00384. The standard InChI is InChI=1S/C16H31N2O6P/c1-2-3-6-12-25(22,23)24-14(9-4-5-10-17)15(19)18-11-7-8-13(18)16(20)21/h13-14H,2-12,17H2,1H3,(H,20,21)(H,22,23)/t13-,14-/m0/s1. The van der Waals surface area contributed by atoms with Crippen LogP contribution in [-0.4, -0.2) is 58.2 Å². The van der Waals surface area contributed by atoms with Crippen molar-refractivity contribution in [3.8, 4) is 0 Å². The lowest BCUT2D eigenvalue weighted by Crippen LogP contribution is -2.46. The third-order valence-electron chi connectivity index (χ3n) is 4.35. The summed E-state index contributed by atoms with van der Waals surface area (Å²) >= 11 is 0. The van der Waals surface area contributed by atoms with E-state index in [2.05, 4.69) is 0 Å². The SMILES string of the molecule is CCCCCP(=O)(O)O[C@@H](CCCCN)C(=O)N1CCC[C@H]1C(=O)O. The molecule has 9 heteroatoms. The number of likely N-dealkylation sites (tertiary alicyclic amines) is 1. The molecule has 0 spiro atoms. The van der Waals surface area contributed by atoms with Gasteiger partial charge in [0.05, 0.1) is 6.16 Å². The molecule has 0 aromatic heterocycles. The lowest BCUT2D eigenvalue weighted by Gasteiger charge is -2.28. The van der Waals surface area contributed by atoms with Crippen LogP contribution in [0.25, 0.3) is 0 Å². The molecule has 0 bridgehead atoms. The average Bonchev–Trinajstić information content (AvgIpc) is 3.03. The number of aliphatic carboxylic acids is 1. The molecule has 0 aliphatic carbocycles.